The number of carboxylic acid groups (broad SMARTS) is 1. The van der Waals surface area contributed by atoms with Crippen molar-refractivity contribution < 1.29 is 37.9 Å². The third-order valence-electron chi connectivity index (χ3n) is 5.62. The summed E-state index contributed by atoms with van der Waals surface area (Å²) in [7, 11) is -4.11. The van der Waals surface area contributed by atoms with Crippen molar-refractivity contribution in [1.29, 1.82) is 0 Å². The third kappa shape index (κ3) is 26.3. The zero-order valence-electron chi connectivity index (χ0n) is 22.9. The maximum absolute atomic E-state index is 11.9. The van der Waals surface area contributed by atoms with Crippen LogP contribution in [0.5, 0.6) is 0 Å². The molecule has 2 atom stereocenters. The van der Waals surface area contributed by atoms with Gasteiger partial charge < -0.3 is 19.5 Å². The van der Waals surface area contributed by atoms with Crippen molar-refractivity contribution in [3.05, 3.63) is 12.2 Å². The van der Waals surface area contributed by atoms with Crippen molar-refractivity contribution in [2.75, 3.05) is 33.0 Å². The second-order valence-electron chi connectivity index (χ2n) is 9.25. The molecule has 0 radical (unpaired) electrons. The smallest absolute Gasteiger partial charge is 0.472 e. The van der Waals surface area contributed by atoms with Gasteiger partial charge in [-0.3, -0.25) is 13.8 Å². The molecule has 2 unspecified atom stereocenters. The Morgan fingerprint density at radius 3 is 2.00 bits per heavy atom. The van der Waals surface area contributed by atoms with E-state index in [0.717, 1.165) is 12.8 Å². The van der Waals surface area contributed by atoms with Gasteiger partial charge in [-0.05, 0) is 51.4 Å². The number of rotatable bonds is 28. The molecule has 0 spiro atoms. The zero-order valence-corrected chi connectivity index (χ0v) is 23.8. The van der Waals surface area contributed by atoms with E-state index >= 15 is 0 Å². The monoisotopic (exact) mass is 536 g/mol. The molecule has 214 valence electrons. The summed E-state index contributed by atoms with van der Waals surface area (Å²) in [5, 5.41) is 8.72. The Kier molecular flexibility index (Phi) is 25.3. The lowest BCUT2D eigenvalue weighted by molar-refractivity contribution is -0.137. The summed E-state index contributed by atoms with van der Waals surface area (Å²) in [6.07, 6.45) is 20.7. The van der Waals surface area contributed by atoms with Crippen LogP contribution in [0.4, 0.5) is 0 Å². The van der Waals surface area contributed by atoms with E-state index in [1.54, 1.807) is 0 Å². The highest BCUT2D eigenvalue weighted by Gasteiger charge is 2.23. The van der Waals surface area contributed by atoms with Gasteiger partial charge in [-0.1, -0.05) is 70.9 Å². The molecular formula is C27H53O8P. The second kappa shape index (κ2) is 25.9. The molecule has 0 heterocycles. The van der Waals surface area contributed by atoms with Crippen LogP contribution in [0.15, 0.2) is 12.2 Å². The Morgan fingerprint density at radius 2 is 1.36 bits per heavy atom. The summed E-state index contributed by atoms with van der Waals surface area (Å²) in [5.74, 6) is -0.836. The quantitative estimate of drug-likeness (QED) is 0.0603. The van der Waals surface area contributed by atoms with Crippen LogP contribution in [-0.2, 0) is 27.9 Å². The van der Waals surface area contributed by atoms with Gasteiger partial charge in [-0.15, -0.1) is 0 Å². The minimum absolute atomic E-state index is 0.0908. The molecule has 0 fully saturated rings. The summed E-state index contributed by atoms with van der Waals surface area (Å²) in [6.45, 7) is 5.28. The molecule has 0 rings (SSSR count). The predicted octanol–water partition coefficient (Wildman–Crippen LogP) is 7.44. The maximum atomic E-state index is 11.9. The molecule has 36 heavy (non-hydrogen) atoms. The lowest BCUT2D eigenvalue weighted by Crippen LogP contribution is -2.26. The van der Waals surface area contributed by atoms with E-state index in [1.807, 2.05) is 6.92 Å². The first kappa shape index (κ1) is 35.2. The highest BCUT2D eigenvalue weighted by Crippen LogP contribution is 2.43. The van der Waals surface area contributed by atoms with Gasteiger partial charge in [0.25, 0.3) is 0 Å². The van der Waals surface area contributed by atoms with Gasteiger partial charge in [-0.2, -0.15) is 0 Å². The van der Waals surface area contributed by atoms with Crippen LogP contribution in [0.2, 0.25) is 0 Å². The highest BCUT2D eigenvalue weighted by atomic mass is 31.2. The molecule has 0 amide bonds. The van der Waals surface area contributed by atoms with Gasteiger partial charge in [0.05, 0.1) is 19.8 Å². The first-order chi connectivity index (χ1) is 17.4. The Bertz CT molecular complexity index is 570. The lowest BCUT2D eigenvalue weighted by atomic mass is 10.1. The standard InChI is InChI=1S/C27H53O8P/c1-3-5-6-7-8-9-10-11-12-13-14-15-16-18-22-32-24-26(33-23-19-17-20-27(28)29)25-35-36(30,31)34-21-4-2/h9-10,26H,3-8,11-25H2,1-2H3,(H,28,29)(H,30,31)/b10-9+. The van der Waals surface area contributed by atoms with Crippen LogP contribution >= 0.6 is 7.82 Å². The molecule has 0 aliphatic carbocycles. The SMILES string of the molecule is CCCCCC/C=C/CCCCCCCCOCC(COP(=O)(O)OCCC)OCCCCC(=O)O. The molecule has 9 heteroatoms. The molecule has 8 nitrogen and oxygen atoms in total. The Balaban J connectivity index is 3.91. The molecular weight excluding hydrogens is 483 g/mol. The molecule has 0 aromatic rings. The minimum Gasteiger partial charge on any atom is -0.481 e. The minimum atomic E-state index is -4.11. The summed E-state index contributed by atoms with van der Waals surface area (Å²) in [5.41, 5.74) is 0. The number of unbranched alkanes of at least 4 members (excludes halogenated alkanes) is 11. The topological polar surface area (TPSA) is 112 Å². The third-order valence-corrected chi connectivity index (χ3v) is 6.61. The predicted molar refractivity (Wildman–Crippen MR) is 144 cm³/mol. The molecule has 0 saturated carbocycles. The van der Waals surface area contributed by atoms with Gasteiger partial charge in [0.15, 0.2) is 0 Å². The van der Waals surface area contributed by atoms with E-state index in [4.69, 9.17) is 23.6 Å². The van der Waals surface area contributed by atoms with Crippen molar-refractivity contribution in [1.82, 2.24) is 0 Å². The van der Waals surface area contributed by atoms with Crippen LogP contribution in [0.3, 0.4) is 0 Å². The van der Waals surface area contributed by atoms with E-state index < -0.39 is 19.9 Å². The van der Waals surface area contributed by atoms with Gasteiger partial charge in [0.1, 0.15) is 6.10 Å². The average Bonchev–Trinajstić information content (AvgIpc) is 2.84. The number of hydrogen-bond acceptors (Lipinski definition) is 6. The van der Waals surface area contributed by atoms with Crippen LogP contribution in [0.1, 0.15) is 117 Å². The normalized spacial score (nSPS) is 14.3. The number of aliphatic carboxylic acids is 1. The van der Waals surface area contributed by atoms with Crippen molar-refractivity contribution in [3.63, 3.8) is 0 Å². The van der Waals surface area contributed by atoms with Crippen molar-refractivity contribution in [3.8, 4) is 0 Å². The lowest BCUT2D eigenvalue weighted by Gasteiger charge is -2.20. The fourth-order valence-corrected chi connectivity index (χ4v) is 4.35. The fourth-order valence-electron chi connectivity index (χ4n) is 3.51. The second-order valence-corrected chi connectivity index (χ2v) is 10.7. The molecule has 2 N–H and O–H groups in total. The highest BCUT2D eigenvalue weighted by molar-refractivity contribution is 7.47. The number of hydrogen-bond donors (Lipinski definition) is 2. The van der Waals surface area contributed by atoms with E-state index in [9.17, 15) is 14.3 Å². The van der Waals surface area contributed by atoms with E-state index in [1.165, 1.54) is 64.2 Å². The first-order valence-corrected chi connectivity index (χ1v) is 15.6. The molecule has 0 aliphatic rings. The van der Waals surface area contributed by atoms with Crippen LogP contribution in [-0.4, -0.2) is 55.1 Å². The molecule has 0 aromatic carbocycles. The van der Waals surface area contributed by atoms with E-state index in [2.05, 4.69) is 19.1 Å². The Morgan fingerprint density at radius 1 is 0.750 bits per heavy atom. The summed E-state index contributed by atoms with van der Waals surface area (Å²) >= 11 is 0. The first-order valence-electron chi connectivity index (χ1n) is 14.1. The van der Waals surface area contributed by atoms with Crippen LogP contribution in [0, 0.1) is 0 Å². The summed E-state index contributed by atoms with van der Waals surface area (Å²) < 4.78 is 33.2. The van der Waals surface area contributed by atoms with Crippen molar-refractivity contribution in [2.45, 2.75) is 123 Å². The Labute approximate surface area is 219 Å². The molecule has 0 bridgehead atoms. The van der Waals surface area contributed by atoms with Gasteiger partial charge in [0.2, 0.25) is 0 Å². The number of phosphoric ester groups is 1. The summed E-state index contributed by atoms with van der Waals surface area (Å²) in [6, 6.07) is 0. The zero-order chi connectivity index (χ0) is 26.7. The molecule has 0 aromatic heterocycles. The number of phosphoric acid groups is 1. The number of ether oxygens (including phenoxy) is 2. The van der Waals surface area contributed by atoms with E-state index in [0.29, 0.717) is 32.5 Å². The van der Waals surface area contributed by atoms with Gasteiger partial charge in [0, 0.05) is 19.6 Å². The fraction of sp³-hybridized carbons (Fsp3) is 0.889. The van der Waals surface area contributed by atoms with Gasteiger partial charge in [-0.25, -0.2) is 4.57 Å². The summed E-state index contributed by atoms with van der Waals surface area (Å²) in [4.78, 5) is 20.3. The molecule has 0 saturated heterocycles. The number of carbonyl (C=O) groups is 1. The number of carboxylic acids is 1. The van der Waals surface area contributed by atoms with Crippen molar-refractivity contribution in [2.24, 2.45) is 0 Å². The Hall–Kier alpha value is -0.760. The number of allylic oxidation sites excluding steroid dienone is 2. The van der Waals surface area contributed by atoms with Crippen molar-refractivity contribution >= 4 is 13.8 Å². The van der Waals surface area contributed by atoms with Gasteiger partial charge >= 0.3 is 13.8 Å². The largest absolute Gasteiger partial charge is 0.481 e. The van der Waals surface area contributed by atoms with Crippen LogP contribution in [0.25, 0.3) is 0 Å². The van der Waals surface area contributed by atoms with E-state index in [-0.39, 0.29) is 26.2 Å². The average molecular weight is 537 g/mol. The maximum Gasteiger partial charge on any atom is 0.472 e. The molecule has 0 aliphatic heterocycles. The van der Waals surface area contributed by atoms with Crippen LogP contribution < -0.4 is 0 Å².